The van der Waals surface area contributed by atoms with E-state index in [4.69, 9.17) is 36.9 Å². The molecular weight excluding hydrogens is 685 g/mol. The van der Waals surface area contributed by atoms with Crippen molar-refractivity contribution in [3.8, 4) is 0 Å². The van der Waals surface area contributed by atoms with E-state index < -0.39 is 63.8 Å². The number of nitrogens with one attached hydrogen (secondary N) is 2. The Morgan fingerprint density at radius 3 is 1.48 bits per heavy atom. The van der Waals surface area contributed by atoms with Crippen LogP contribution in [-0.2, 0) is 23.8 Å². The first-order valence-electron chi connectivity index (χ1n) is 12.4. The largest absolute Gasteiger partial charge is 0.444 e. The molecule has 44 heavy (non-hydrogen) atoms. The van der Waals surface area contributed by atoms with Crippen LogP contribution in [0.15, 0.2) is 36.4 Å². The summed E-state index contributed by atoms with van der Waals surface area (Å²) in [6.07, 6.45) is -0.609. The third-order valence-electron chi connectivity index (χ3n) is 4.59. The van der Waals surface area contributed by atoms with Crippen molar-refractivity contribution in [2.24, 2.45) is 0 Å². The number of halogens is 4. The molecule has 10 nitrogen and oxygen atoms in total. The first-order chi connectivity index (χ1) is 19.1. The van der Waals surface area contributed by atoms with Gasteiger partial charge in [-0.25, -0.2) is 18.4 Å². The molecule has 0 aromatic heterocycles. The fourth-order valence-electron chi connectivity index (χ4n) is 3.10. The van der Waals surface area contributed by atoms with Gasteiger partial charge in [-0.05, 0) is 89.1 Å². The first-order valence-corrected chi connectivity index (χ1v) is 15.0. The van der Waals surface area contributed by atoms with Gasteiger partial charge in [-0.1, -0.05) is 23.2 Å². The number of aliphatic hydroxyl groups is 1. The number of aliphatic hydroxyl groups excluding tert-OH is 1. The minimum absolute atomic E-state index is 0. The van der Waals surface area contributed by atoms with E-state index in [0.29, 0.717) is 5.56 Å². The van der Waals surface area contributed by atoms with Crippen LogP contribution in [0.2, 0.25) is 10.0 Å². The summed E-state index contributed by atoms with van der Waals surface area (Å²) in [6, 6.07) is 5.71. The highest BCUT2D eigenvalue weighted by molar-refractivity contribution is 7.85. The maximum Gasteiger partial charge on any atom is 0.408 e. The summed E-state index contributed by atoms with van der Waals surface area (Å²) in [7, 11) is -3.74. The van der Waals surface area contributed by atoms with Crippen molar-refractivity contribution in [3.63, 3.8) is 0 Å². The van der Waals surface area contributed by atoms with Gasteiger partial charge in [-0.2, -0.15) is 35.4 Å². The number of rotatable bonds is 8. The van der Waals surface area contributed by atoms with Crippen molar-refractivity contribution in [3.05, 3.63) is 69.2 Å². The molecule has 0 spiro atoms. The average molecular weight is 726 g/mol. The Morgan fingerprint density at radius 1 is 0.795 bits per heavy atom. The molecule has 2 amide bonds. The maximum atomic E-state index is 13.5. The Labute approximate surface area is 281 Å². The monoisotopic (exact) mass is 724 g/mol. The number of benzene rings is 2. The summed E-state index contributed by atoms with van der Waals surface area (Å²) < 4.78 is 63.9. The van der Waals surface area contributed by atoms with Crippen molar-refractivity contribution in [2.45, 2.75) is 64.8 Å². The molecule has 0 aliphatic carbocycles. The number of carbonyl (C=O) groups is 2. The molecule has 0 radical (unpaired) electrons. The van der Waals surface area contributed by atoms with E-state index in [2.05, 4.69) is 10.6 Å². The topological polar surface area (TPSA) is 140 Å². The number of alkyl carbamates (subject to hydrolysis) is 2. The highest BCUT2D eigenvalue weighted by atomic mass is 35.5. The molecule has 2 aromatic carbocycles. The van der Waals surface area contributed by atoms with Crippen molar-refractivity contribution in [1.82, 2.24) is 10.6 Å². The zero-order valence-corrected chi connectivity index (χ0v) is 29.6. The van der Waals surface area contributed by atoms with Crippen LogP contribution in [0.3, 0.4) is 0 Å². The smallest absolute Gasteiger partial charge is 0.408 e. The number of ether oxygens (including phenoxy) is 2. The number of hydrogen-bond donors (Lipinski definition) is 3. The second kappa shape index (κ2) is 18.8. The summed E-state index contributed by atoms with van der Waals surface area (Å²) in [5.41, 5.74) is -0.766. The van der Waals surface area contributed by atoms with Gasteiger partial charge < -0.3 is 25.2 Å². The molecule has 2 atom stereocenters. The molecule has 2 aromatic rings. The maximum absolute atomic E-state index is 13.5. The van der Waals surface area contributed by atoms with E-state index in [0.717, 1.165) is 24.5 Å². The molecule has 0 saturated carbocycles. The van der Waals surface area contributed by atoms with Crippen LogP contribution in [0, 0.1) is 11.6 Å². The number of amides is 2. The predicted octanol–water partition coefficient (Wildman–Crippen LogP) is 6.28. The third kappa shape index (κ3) is 19.4. The molecule has 0 saturated heterocycles. The Bertz CT molecular complexity index is 1300. The summed E-state index contributed by atoms with van der Waals surface area (Å²) in [5, 5.41) is 14.5. The van der Waals surface area contributed by atoms with Gasteiger partial charge in [-0.3, -0.25) is 4.18 Å². The van der Waals surface area contributed by atoms with Crippen LogP contribution in [0.4, 0.5) is 18.4 Å². The van der Waals surface area contributed by atoms with Gasteiger partial charge in [0.15, 0.2) is 0 Å². The van der Waals surface area contributed by atoms with Crippen molar-refractivity contribution in [2.75, 3.05) is 19.5 Å². The molecule has 2 rings (SSSR count). The van der Waals surface area contributed by atoms with E-state index in [1.165, 1.54) is 18.2 Å². The van der Waals surface area contributed by atoms with Gasteiger partial charge >= 0.3 is 12.2 Å². The van der Waals surface area contributed by atoms with Crippen molar-refractivity contribution in [1.29, 1.82) is 0 Å². The molecule has 0 aliphatic rings. The fourth-order valence-corrected chi connectivity index (χ4v) is 3.94. The Kier molecular flexibility index (Phi) is 18.9. The van der Waals surface area contributed by atoms with Crippen LogP contribution in [0.1, 0.15) is 64.8 Å². The van der Waals surface area contributed by atoms with Crippen LogP contribution >= 0.6 is 50.2 Å². The summed E-state index contributed by atoms with van der Waals surface area (Å²) in [6.45, 7) is 9.38. The molecule has 0 aliphatic heterocycles. The van der Waals surface area contributed by atoms with Crippen LogP contribution in [-0.4, -0.2) is 56.4 Å². The lowest BCUT2D eigenvalue weighted by Gasteiger charge is -2.23. The van der Waals surface area contributed by atoms with Crippen molar-refractivity contribution < 1.29 is 45.6 Å². The number of hydrogen-bond acceptors (Lipinski definition) is 8. The first kappa shape index (κ1) is 44.1. The van der Waals surface area contributed by atoms with E-state index in [-0.39, 0.29) is 49.2 Å². The molecule has 0 fully saturated rings. The van der Waals surface area contributed by atoms with Gasteiger partial charge in [0.1, 0.15) is 22.8 Å². The Hall–Kier alpha value is -2.01. The minimum Gasteiger partial charge on any atom is -0.444 e. The molecular formula is C27H40Cl2F2N2O8S3. The van der Waals surface area contributed by atoms with E-state index in [1.807, 2.05) is 0 Å². The lowest BCUT2D eigenvalue weighted by Crippen LogP contribution is -2.37. The molecule has 3 N–H and O–H groups in total. The molecule has 252 valence electrons. The Balaban J connectivity index is 0. The quantitative estimate of drug-likeness (QED) is 0.270. The molecule has 0 bridgehead atoms. The summed E-state index contributed by atoms with van der Waals surface area (Å²) >= 11 is 11.5. The van der Waals surface area contributed by atoms with Crippen LogP contribution in [0.5, 0.6) is 0 Å². The number of carbonyl (C=O) groups excluding carboxylic acids is 2. The van der Waals surface area contributed by atoms with Gasteiger partial charge in [0, 0.05) is 10.0 Å². The second-order valence-corrected chi connectivity index (χ2v) is 13.5. The minimum atomic E-state index is -3.74. The van der Waals surface area contributed by atoms with Gasteiger partial charge in [-0.15, -0.1) is 0 Å². The zero-order valence-electron chi connectivity index (χ0n) is 25.3. The molecule has 0 heterocycles. The van der Waals surface area contributed by atoms with Gasteiger partial charge in [0.05, 0.1) is 31.6 Å². The average Bonchev–Trinajstić information content (AvgIpc) is 2.76. The van der Waals surface area contributed by atoms with Gasteiger partial charge in [0.25, 0.3) is 10.1 Å². The third-order valence-corrected chi connectivity index (χ3v) is 5.59. The normalized spacial score (nSPS) is 12.6. The molecule has 0 unspecified atom stereocenters. The Morgan fingerprint density at radius 2 is 1.16 bits per heavy atom. The van der Waals surface area contributed by atoms with E-state index in [1.54, 1.807) is 41.5 Å². The van der Waals surface area contributed by atoms with Crippen molar-refractivity contribution >= 4 is 72.5 Å². The highest BCUT2D eigenvalue weighted by Gasteiger charge is 2.23. The standard InChI is InChI=1S/C14H19ClFNO5S.C13H17ClFNO3.2H2S/c1-14(2,3)22-13(18)17-12(8-21-23(4,19)20)9-5-10(15)7-11(16)6-9;1-13(2,3)19-12(18)16-11(7-17)8-4-9(14)6-10(15)5-8;;/h5-7,12H,8H2,1-4H3,(H,17,18);4-6,11,17H,7H2,1-3H3,(H,16,18);2*1H2/t12-;11-;;/m11../s1. The van der Waals surface area contributed by atoms with Crippen LogP contribution < -0.4 is 10.6 Å². The fraction of sp³-hybridized carbons (Fsp3) is 0.481. The highest BCUT2D eigenvalue weighted by Crippen LogP contribution is 2.22. The van der Waals surface area contributed by atoms with E-state index in [9.17, 15) is 31.9 Å². The second-order valence-electron chi connectivity index (χ2n) is 11.0. The van der Waals surface area contributed by atoms with Crippen LogP contribution in [0.25, 0.3) is 0 Å². The lowest BCUT2D eigenvalue weighted by atomic mass is 10.1. The SMILES string of the molecule is CC(C)(C)OC(=O)N[C@H](CO)c1cc(F)cc(Cl)c1.CC(C)(C)OC(=O)N[C@H](COS(C)(=O)=O)c1cc(F)cc(Cl)c1.S.S. The summed E-state index contributed by atoms with van der Waals surface area (Å²) in [5.74, 6) is -1.16. The summed E-state index contributed by atoms with van der Waals surface area (Å²) in [4.78, 5) is 23.5. The predicted molar refractivity (Wildman–Crippen MR) is 176 cm³/mol. The lowest BCUT2D eigenvalue weighted by molar-refractivity contribution is 0.0474. The molecule has 17 heteroatoms. The van der Waals surface area contributed by atoms with E-state index >= 15 is 0 Å². The zero-order chi connectivity index (χ0) is 32.5. The van der Waals surface area contributed by atoms with Gasteiger partial charge in [0.2, 0.25) is 0 Å².